The molecule has 0 spiro atoms. The molecule has 2 aromatic carbocycles. The highest BCUT2D eigenvalue weighted by molar-refractivity contribution is 6.30. The molecule has 2 aromatic heterocycles. The lowest BCUT2D eigenvalue weighted by Gasteiger charge is -2.14. The number of fused-ring (bicyclic) bond motifs is 1. The molecule has 0 fully saturated rings. The molecular formula is C24H19ClF2N4O2. The molecule has 6 nitrogen and oxygen atoms in total. The maximum absolute atomic E-state index is 13.7. The Bertz CT molecular complexity index is 1400. The first-order valence-corrected chi connectivity index (χ1v) is 10.3. The third-order valence-electron chi connectivity index (χ3n) is 4.93. The van der Waals surface area contributed by atoms with E-state index in [4.69, 9.17) is 22.1 Å². The molecule has 0 saturated carbocycles. The highest BCUT2D eigenvalue weighted by atomic mass is 35.5. The first-order chi connectivity index (χ1) is 15.9. The standard InChI is InChI=1S/C24H19ClF2N4O2/c1-29-12-16-10-14(2-8-20(16)28)19-11-15-3-9-22(33-13-21(26)27)30-23(15)31(24(19)32)18-6-4-17(25)5-7-18/h2-12,21H,13,28H2,1H3. The normalized spacial score (nSPS) is 11.5. The van der Waals surface area contributed by atoms with E-state index in [1.165, 1.54) is 10.6 Å². The van der Waals surface area contributed by atoms with E-state index < -0.39 is 13.0 Å². The van der Waals surface area contributed by atoms with Gasteiger partial charge in [0.05, 0.1) is 5.69 Å². The van der Waals surface area contributed by atoms with E-state index in [9.17, 15) is 13.6 Å². The minimum Gasteiger partial charge on any atom is -0.472 e. The summed E-state index contributed by atoms with van der Waals surface area (Å²) >= 11 is 6.02. The zero-order valence-electron chi connectivity index (χ0n) is 17.5. The summed E-state index contributed by atoms with van der Waals surface area (Å²) in [5, 5.41) is 1.12. The Kier molecular flexibility index (Phi) is 6.37. The summed E-state index contributed by atoms with van der Waals surface area (Å²) in [6, 6.07) is 16.8. The zero-order valence-corrected chi connectivity index (χ0v) is 18.3. The van der Waals surface area contributed by atoms with Crippen molar-refractivity contribution in [3.05, 3.63) is 81.6 Å². The van der Waals surface area contributed by atoms with Crippen molar-refractivity contribution in [3.8, 4) is 22.7 Å². The predicted molar refractivity (Wildman–Crippen MR) is 127 cm³/mol. The van der Waals surface area contributed by atoms with Gasteiger partial charge in [-0.25, -0.2) is 8.78 Å². The zero-order chi connectivity index (χ0) is 23.5. The molecule has 0 aliphatic carbocycles. The molecule has 0 aliphatic heterocycles. The first-order valence-electron chi connectivity index (χ1n) is 9.93. The Labute approximate surface area is 192 Å². The van der Waals surface area contributed by atoms with E-state index in [2.05, 4.69) is 9.98 Å². The molecule has 2 N–H and O–H groups in total. The second-order valence-corrected chi connectivity index (χ2v) is 7.61. The first kappa shape index (κ1) is 22.4. The lowest BCUT2D eigenvalue weighted by Crippen LogP contribution is -2.21. The van der Waals surface area contributed by atoms with Crippen molar-refractivity contribution < 1.29 is 13.5 Å². The highest BCUT2D eigenvalue weighted by Crippen LogP contribution is 2.27. The Morgan fingerprint density at radius 2 is 1.91 bits per heavy atom. The van der Waals surface area contributed by atoms with Crippen LogP contribution in [-0.2, 0) is 0 Å². The quantitative estimate of drug-likeness (QED) is 0.319. The van der Waals surface area contributed by atoms with Crippen molar-refractivity contribution >= 4 is 34.5 Å². The van der Waals surface area contributed by atoms with Gasteiger partial charge in [-0.15, -0.1) is 0 Å². The van der Waals surface area contributed by atoms with Crippen LogP contribution in [0.5, 0.6) is 5.88 Å². The van der Waals surface area contributed by atoms with Gasteiger partial charge in [-0.3, -0.25) is 14.4 Å². The number of halogens is 3. The second-order valence-electron chi connectivity index (χ2n) is 7.17. The number of pyridine rings is 2. The Morgan fingerprint density at radius 1 is 1.15 bits per heavy atom. The molecule has 168 valence electrons. The number of aliphatic imine (C=N–C) groups is 1. The fourth-order valence-corrected chi connectivity index (χ4v) is 3.55. The number of nitrogen functional groups attached to an aromatic ring is 1. The molecule has 0 amide bonds. The van der Waals surface area contributed by atoms with Gasteiger partial charge in [0.2, 0.25) is 5.88 Å². The summed E-state index contributed by atoms with van der Waals surface area (Å²) < 4.78 is 31.7. The van der Waals surface area contributed by atoms with Crippen LogP contribution in [0.2, 0.25) is 5.02 Å². The van der Waals surface area contributed by atoms with Crippen LogP contribution < -0.4 is 16.0 Å². The van der Waals surface area contributed by atoms with Crippen molar-refractivity contribution in [3.63, 3.8) is 0 Å². The number of benzene rings is 2. The van der Waals surface area contributed by atoms with E-state index in [1.807, 2.05) is 0 Å². The third-order valence-corrected chi connectivity index (χ3v) is 5.18. The number of hydrogen-bond acceptors (Lipinski definition) is 5. The second kappa shape index (κ2) is 9.38. The van der Waals surface area contributed by atoms with Gasteiger partial charge in [0.15, 0.2) is 12.3 Å². The minimum absolute atomic E-state index is 0.00779. The molecule has 2 heterocycles. The van der Waals surface area contributed by atoms with Crippen LogP contribution in [0.3, 0.4) is 0 Å². The molecule has 0 radical (unpaired) electrons. The maximum atomic E-state index is 13.7. The van der Waals surface area contributed by atoms with Gasteiger partial charge in [-0.2, -0.15) is 4.98 Å². The van der Waals surface area contributed by atoms with Crippen LogP contribution in [0.1, 0.15) is 5.56 Å². The maximum Gasteiger partial charge on any atom is 0.272 e. The Balaban J connectivity index is 1.98. The van der Waals surface area contributed by atoms with E-state index >= 15 is 0 Å². The molecule has 9 heteroatoms. The van der Waals surface area contributed by atoms with Crippen LogP contribution in [0.4, 0.5) is 14.5 Å². The monoisotopic (exact) mass is 468 g/mol. The van der Waals surface area contributed by atoms with Crippen molar-refractivity contribution in [1.29, 1.82) is 0 Å². The fourth-order valence-electron chi connectivity index (χ4n) is 3.43. The molecule has 0 aliphatic rings. The Morgan fingerprint density at radius 3 is 2.61 bits per heavy atom. The summed E-state index contributed by atoms with van der Waals surface area (Å²) in [5.41, 5.74) is 8.72. The number of nitrogens with zero attached hydrogens (tertiary/aromatic N) is 3. The summed E-state index contributed by atoms with van der Waals surface area (Å²) in [5.74, 6) is -0.00779. The van der Waals surface area contributed by atoms with Crippen LogP contribution in [-0.4, -0.2) is 35.8 Å². The molecule has 0 bridgehead atoms. The van der Waals surface area contributed by atoms with Gasteiger partial charge in [0.25, 0.3) is 12.0 Å². The van der Waals surface area contributed by atoms with Gasteiger partial charge in [0.1, 0.15) is 0 Å². The van der Waals surface area contributed by atoms with Crippen LogP contribution >= 0.6 is 11.6 Å². The largest absolute Gasteiger partial charge is 0.472 e. The lowest BCUT2D eigenvalue weighted by atomic mass is 10.0. The molecule has 0 atom stereocenters. The van der Waals surface area contributed by atoms with Gasteiger partial charge in [0, 0.05) is 46.6 Å². The van der Waals surface area contributed by atoms with E-state index in [1.54, 1.807) is 67.9 Å². The van der Waals surface area contributed by atoms with Gasteiger partial charge >= 0.3 is 0 Å². The van der Waals surface area contributed by atoms with Crippen LogP contribution in [0.15, 0.2) is 70.5 Å². The van der Waals surface area contributed by atoms with Crippen LogP contribution in [0.25, 0.3) is 27.8 Å². The number of nitrogens with two attached hydrogens (primary N) is 1. The van der Waals surface area contributed by atoms with Crippen molar-refractivity contribution in [2.24, 2.45) is 4.99 Å². The molecule has 4 rings (SSSR count). The molecule has 0 saturated heterocycles. The van der Waals surface area contributed by atoms with Crippen molar-refractivity contribution in [1.82, 2.24) is 9.55 Å². The van der Waals surface area contributed by atoms with Gasteiger partial charge in [-0.05, 0) is 54.1 Å². The minimum atomic E-state index is -2.64. The number of alkyl halides is 2. The average molecular weight is 469 g/mol. The number of hydrogen-bond donors (Lipinski definition) is 1. The number of rotatable bonds is 6. The predicted octanol–water partition coefficient (Wildman–Crippen LogP) is 4.98. The summed E-state index contributed by atoms with van der Waals surface area (Å²) in [7, 11) is 1.63. The fraction of sp³-hybridized carbons (Fsp3) is 0.125. The average Bonchev–Trinajstić information content (AvgIpc) is 2.80. The molecule has 4 aromatic rings. The van der Waals surface area contributed by atoms with Gasteiger partial charge < -0.3 is 10.5 Å². The molecule has 33 heavy (non-hydrogen) atoms. The summed E-state index contributed by atoms with van der Waals surface area (Å²) in [6.45, 7) is -0.797. The Hall–Kier alpha value is -3.78. The van der Waals surface area contributed by atoms with Crippen LogP contribution in [0, 0.1) is 0 Å². The van der Waals surface area contributed by atoms with E-state index in [0.29, 0.717) is 38.5 Å². The highest BCUT2D eigenvalue weighted by Gasteiger charge is 2.16. The van der Waals surface area contributed by atoms with E-state index in [0.717, 1.165) is 0 Å². The number of ether oxygens (including phenoxy) is 1. The third kappa shape index (κ3) is 4.70. The topological polar surface area (TPSA) is 82.5 Å². The lowest BCUT2D eigenvalue weighted by molar-refractivity contribution is 0.0797. The summed E-state index contributed by atoms with van der Waals surface area (Å²) in [4.78, 5) is 22.0. The molecular weight excluding hydrogens is 450 g/mol. The smallest absolute Gasteiger partial charge is 0.272 e. The number of aromatic nitrogens is 2. The SMILES string of the molecule is CN=Cc1cc(-c2cc3ccc(OCC(F)F)nc3n(-c3ccc(Cl)cc3)c2=O)ccc1N. The van der Waals surface area contributed by atoms with E-state index in [-0.39, 0.29) is 17.1 Å². The summed E-state index contributed by atoms with van der Waals surface area (Å²) in [6.07, 6.45) is -1.03. The molecule has 0 unspecified atom stereocenters. The number of anilines is 1. The van der Waals surface area contributed by atoms with Crippen molar-refractivity contribution in [2.75, 3.05) is 19.4 Å². The van der Waals surface area contributed by atoms with Crippen molar-refractivity contribution in [2.45, 2.75) is 6.43 Å². The van der Waals surface area contributed by atoms with Gasteiger partial charge in [-0.1, -0.05) is 17.7 Å².